The molecule has 1 unspecified atom stereocenters. The molecule has 0 radical (unpaired) electrons. The molecule has 0 spiro atoms. The molecule has 0 aromatic heterocycles. The number of benzene rings is 1. The van der Waals surface area contributed by atoms with Gasteiger partial charge in [-0.1, -0.05) is 43.7 Å². The molecule has 1 aromatic carbocycles. The van der Waals surface area contributed by atoms with Crippen molar-refractivity contribution in [1.82, 2.24) is 9.62 Å². The first-order valence-electron chi connectivity index (χ1n) is 10.0. The number of nitrogens with zero attached hydrogens (tertiary/aromatic N) is 1. The largest absolute Gasteiger partial charge is 0.353 e. The van der Waals surface area contributed by atoms with Crippen molar-refractivity contribution in [3.63, 3.8) is 0 Å². The van der Waals surface area contributed by atoms with Crippen LogP contribution in [-0.4, -0.2) is 37.3 Å². The molecule has 0 bridgehead atoms. The van der Waals surface area contributed by atoms with Gasteiger partial charge in [0, 0.05) is 30.1 Å². The third kappa shape index (κ3) is 5.46. The summed E-state index contributed by atoms with van der Waals surface area (Å²) in [5.74, 6) is -0.0230. The van der Waals surface area contributed by atoms with Crippen LogP contribution in [0.25, 0.3) is 0 Å². The zero-order valence-electron chi connectivity index (χ0n) is 15.7. The first kappa shape index (κ1) is 20.6. The molecular weight excluding hydrogens is 384 g/mol. The van der Waals surface area contributed by atoms with Gasteiger partial charge in [-0.2, -0.15) is 4.31 Å². The van der Waals surface area contributed by atoms with Gasteiger partial charge in [-0.25, -0.2) is 8.42 Å². The lowest BCUT2D eigenvalue weighted by atomic mass is 10.0. The van der Waals surface area contributed by atoms with Crippen LogP contribution >= 0.6 is 11.6 Å². The summed E-state index contributed by atoms with van der Waals surface area (Å²) in [5.41, 5.74) is 0. The van der Waals surface area contributed by atoms with Crippen molar-refractivity contribution in [1.29, 1.82) is 0 Å². The minimum Gasteiger partial charge on any atom is -0.353 e. The van der Waals surface area contributed by atoms with Crippen LogP contribution in [0.4, 0.5) is 0 Å². The van der Waals surface area contributed by atoms with Crippen LogP contribution in [-0.2, 0) is 14.8 Å². The summed E-state index contributed by atoms with van der Waals surface area (Å²) in [6.45, 7) is 0.465. The molecule has 1 amide bonds. The monoisotopic (exact) mass is 412 g/mol. The standard InChI is InChI=1S/C20H29ClN2O3S/c21-16-10-12-19(13-11-16)27(25,26)23-14-6-5-9-18(23)15-20(24)22-17-7-3-1-2-4-8-17/h10-13,17-18H,1-9,14-15H2,(H,22,24). The van der Waals surface area contributed by atoms with Gasteiger partial charge in [0.05, 0.1) is 4.90 Å². The van der Waals surface area contributed by atoms with Gasteiger partial charge in [-0.3, -0.25) is 4.79 Å². The Morgan fingerprint density at radius 2 is 1.63 bits per heavy atom. The number of rotatable bonds is 5. The molecule has 1 saturated carbocycles. The molecule has 1 saturated heterocycles. The van der Waals surface area contributed by atoms with Crippen LogP contribution in [0.5, 0.6) is 0 Å². The SMILES string of the molecule is O=C(CC1CCCCN1S(=O)(=O)c1ccc(Cl)cc1)NC1CCCCCC1. The van der Waals surface area contributed by atoms with E-state index in [1.807, 2.05) is 0 Å². The highest BCUT2D eigenvalue weighted by Crippen LogP contribution is 2.28. The normalized spacial score (nSPS) is 22.9. The molecule has 1 aromatic rings. The summed E-state index contributed by atoms with van der Waals surface area (Å²) in [4.78, 5) is 12.8. The number of sulfonamides is 1. The van der Waals surface area contributed by atoms with Crippen molar-refractivity contribution in [2.75, 3.05) is 6.54 Å². The fourth-order valence-electron chi connectivity index (χ4n) is 4.16. The van der Waals surface area contributed by atoms with E-state index >= 15 is 0 Å². The Bertz CT molecular complexity index is 728. The molecule has 1 N–H and O–H groups in total. The molecule has 1 atom stereocenters. The lowest BCUT2D eigenvalue weighted by molar-refractivity contribution is -0.122. The zero-order valence-corrected chi connectivity index (χ0v) is 17.3. The van der Waals surface area contributed by atoms with Gasteiger partial charge < -0.3 is 5.32 Å². The maximum Gasteiger partial charge on any atom is 0.243 e. The van der Waals surface area contributed by atoms with Crippen molar-refractivity contribution in [3.8, 4) is 0 Å². The number of halogens is 1. The number of amides is 1. The van der Waals surface area contributed by atoms with E-state index < -0.39 is 10.0 Å². The topological polar surface area (TPSA) is 66.5 Å². The van der Waals surface area contributed by atoms with Crippen molar-refractivity contribution < 1.29 is 13.2 Å². The Labute approximate surface area is 167 Å². The van der Waals surface area contributed by atoms with Gasteiger partial charge in [0.25, 0.3) is 0 Å². The summed E-state index contributed by atoms with van der Waals surface area (Å²) in [7, 11) is -3.62. The van der Waals surface area contributed by atoms with Gasteiger partial charge in [-0.15, -0.1) is 0 Å². The Kier molecular flexibility index (Phi) is 7.17. The summed E-state index contributed by atoms with van der Waals surface area (Å²) in [5, 5.41) is 3.65. The number of hydrogen-bond acceptors (Lipinski definition) is 3. The third-order valence-electron chi connectivity index (χ3n) is 5.63. The van der Waals surface area contributed by atoms with Crippen molar-refractivity contribution >= 4 is 27.5 Å². The van der Waals surface area contributed by atoms with Crippen molar-refractivity contribution in [3.05, 3.63) is 29.3 Å². The zero-order chi connectivity index (χ0) is 19.3. The highest BCUT2D eigenvalue weighted by Gasteiger charge is 2.34. The highest BCUT2D eigenvalue weighted by molar-refractivity contribution is 7.89. The van der Waals surface area contributed by atoms with Gasteiger partial charge >= 0.3 is 0 Å². The van der Waals surface area contributed by atoms with Crippen molar-refractivity contribution in [2.45, 2.75) is 81.2 Å². The molecule has 150 valence electrons. The van der Waals surface area contributed by atoms with Crippen LogP contribution in [0, 0.1) is 0 Å². The van der Waals surface area contributed by atoms with Crippen molar-refractivity contribution in [2.24, 2.45) is 0 Å². The molecule has 7 heteroatoms. The number of carbonyl (C=O) groups is 1. The summed E-state index contributed by atoms with van der Waals surface area (Å²) < 4.78 is 27.7. The Morgan fingerprint density at radius 3 is 2.30 bits per heavy atom. The molecule has 3 rings (SSSR count). The second kappa shape index (κ2) is 9.39. The summed E-state index contributed by atoms with van der Waals surface area (Å²) in [6, 6.07) is 6.22. The van der Waals surface area contributed by atoms with E-state index in [0.717, 1.165) is 44.9 Å². The third-order valence-corrected chi connectivity index (χ3v) is 7.85. The van der Waals surface area contributed by atoms with E-state index in [1.54, 1.807) is 12.1 Å². The molecule has 1 aliphatic carbocycles. The van der Waals surface area contributed by atoms with Gasteiger partial charge in [0.15, 0.2) is 0 Å². The summed E-state index contributed by atoms with van der Waals surface area (Å²) >= 11 is 5.89. The number of piperidine rings is 1. The fraction of sp³-hybridized carbons (Fsp3) is 0.650. The van der Waals surface area contributed by atoms with Crippen LogP contribution in [0.1, 0.15) is 64.2 Å². The maximum absolute atomic E-state index is 13.1. The second-order valence-corrected chi connectivity index (χ2v) is 10.0. The molecule has 1 aliphatic heterocycles. The lowest BCUT2D eigenvalue weighted by Gasteiger charge is -2.34. The molecule has 5 nitrogen and oxygen atoms in total. The van der Waals surface area contributed by atoms with Gasteiger partial charge in [-0.05, 0) is 49.9 Å². The maximum atomic E-state index is 13.1. The predicted molar refractivity (Wildman–Crippen MR) is 107 cm³/mol. The Hall–Kier alpha value is -1.11. The minimum absolute atomic E-state index is 0.0230. The first-order valence-corrected chi connectivity index (χ1v) is 11.9. The van der Waals surface area contributed by atoms with Gasteiger partial charge in [0.1, 0.15) is 0 Å². The summed E-state index contributed by atoms with van der Waals surface area (Å²) in [6.07, 6.45) is 9.60. The van der Waals surface area contributed by atoms with Gasteiger partial charge in [0.2, 0.25) is 15.9 Å². The minimum atomic E-state index is -3.62. The lowest BCUT2D eigenvalue weighted by Crippen LogP contribution is -2.47. The average Bonchev–Trinajstić information content (AvgIpc) is 2.91. The molecule has 2 aliphatic rings. The predicted octanol–water partition coefficient (Wildman–Crippen LogP) is 4.11. The quantitative estimate of drug-likeness (QED) is 0.740. The van der Waals surface area contributed by atoms with E-state index in [9.17, 15) is 13.2 Å². The molecular formula is C20H29ClN2O3S. The molecule has 1 heterocycles. The first-order chi connectivity index (χ1) is 13.0. The molecule has 27 heavy (non-hydrogen) atoms. The van der Waals surface area contributed by atoms with E-state index in [1.165, 1.54) is 29.3 Å². The van der Waals surface area contributed by atoms with E-state index in [-0.39, 0.29) is 29.3 Å². The van der Waals surface area contributed by atoms with E-state index in [0.29, 0.717) is 11.6 Å². The van der Waals surface area contributed by atoms with E-state index in [2.05, 4.69) is 5.32 Å². The average molecular weight is 413 g/mol. The number of nitrogens with one attached hydrogen (secondary N) is 1. The van der Waals surface area contributed by atoms with Crippen LogP contribution < -0.4 is 5.32 Å². The number of carbonyl (C=O) groups excluding carboxylic acids is 1. The van der Waals surface area contributed by atoms with E-state index in [4.69, 9.17) is 11.6 Å². The highest BCUT2D eigenvalue weighted by atomic mass is 35.5. The number of hydrogen-bond donors (Lipinski definition) is 1. The van der Waals surface area contributed by atoms with Crippen LogP contribution in [0.3, 0.4) is 0 Å². The Balaban J connectivity index is 1.67. The Morgan fingerprint density at radius 1 is 1.00 bits per heavy atom. The van der Waals surface area contributed by atoms with Crippen LogP contribution in [0.15, 0.2) is 29.2 Å². The smallest absolute Gasteiger partial charge is 0.243 e. The second-order valence-electron chi connectivity index (χ2n) is 7.68. The van der Waals surface area contributed by atoms with Crippen LogP contribution in [0.2, 0.25) is 5.02 Å². The fourth-order valence-corrected chi connectivity index (χ4v) is 5.98. The molecule has 2 fully saturated rings.